The number of hydrogen-bond acceptors (Lipinski definition) is 1. The molecule has 0 saturated carbocycles. The molecular weight excluding hydrogens is 293 g/mol. The zero-order valence-electron chi connectivity index (χ0n) is 10.4. The molecule has 0 fully saturated rings. The van der Waals surface area contributed by atoms with Crippen molar-refractivity contribution < 1.29 is 4.39 Å². The third kappa shape index (κ3) is 2.79. The van der Waals surface area contributed by atoms with Crippen molar-refractivity contribution in [1.82, 2.24) is 5.32 Å². The molecule has 1 atom stereocenters. The molecule has 1 N–H and O–H groups in total. The van der Waals surface area contributed by atoms with Crippen LogP contribution in [-0.2, 0) is 0 Å². The molecule has 94 valence electrons. The van der Waals surface area contributed by atoms with E-state index in [1.54, 1.807) is 12.1 Å². The monoisotopic (exact) mass is 307 g/mol. The van der Waals surface area contributed by atoms with Crippen molar-refractivity contribution in [2.24, 2.45) is 0 Å². The zero-order valence-corrected chi connectivity index (χ0v) is 12.0. The van der Waals surface area contributed by atoms with Crippen LogP contribution in [0.5, 0.6) is 0 Å². The molecule has 0 aliphatic carbocycles. The minimum Gasteiger partial charge on any atom is -0.309 e. The fourth-order valence-corrected chi connectivity index (χ4v) is 2.31. The Morgan fingerprint density at radius 2 is 1.83 bits per heavy atom. The number of aryl methyl sites for hydroxylation is 1. The van der Waals surface area contributed by atoms with Crippen LogP contribution in [0.15, 0.2) is 46.9 Å². The standard InChI is InChI=1S/C15H15BrFN/c1-10-4-3-5-11(8-10)15(18-2)12-6-7-13(16)14(17)9-12/h3-9,15,18H,1-2H3. The summed E-state index contributed by atoms with van der Waals surface area (Å²) < 4.78 is 14.1. The molecule has 2 aromatic carbocycles. The van der Waals surface area contributed by atoms with Crippen molar-refractivity contribution in [1.29, 1.82) is 0 Å². The highest BCUT2D eigenvalue weighted by atomic mass is 79.9. The van der Waals surface area contributed by atoms with Crippen LogP contribution < -0.4 is 5.32 Å². The number of halogens is 2. The topological polar surface area (TPSA) is 12.0 Å². The summed E-state index contributed by atoms with van der Waals surface area (Å²) in [6.45, 7) is 2.05. The predicted molar refractivity (Wildman–Crippen MR) is 76.2 cm³/mol. The van der Waals surface area contributed by atoms with Crippen LogP contribution in [0.4, 0.5) is 4.39 Å². The Morgan fingerprint density at radius 1 is 1.11 bits per heavy atom. The molecule has 3 heteroatoms. The molecular formula is C15H15BrFN. The summed E-state index contributed by atoms with van der Waals surface area (Å²) in [5.74, 6) is -0.236. The van der Waals surface area contributed by atoms with Gasteiger partial charge in [-0.1, -0.05) is 35.9 Å². The maximum atomic E-state index is 13.6. The predicted octanol–water partition coefficient (Wildman–Crippen LogP) is 4.21. The molecule has 0 spiro atoms. The lowest BCUT2D eigenvalue weighted by Crippen LogP contribution is -2.17. The summed E-state index contributed by atoms with van der Waals surface area (Å²) in [5.41, 5.74) is 3.26. The Balaban J connectivity index is 2.42. The SMILES string of the molecule is CNC(c1cccc(C)c1)c1ccc(Br)c(F)c1. The Morgan fingerprint density at radius 3 is 2.44 bits per heavy atom. The van der Waals surface area contributed by atoms with Gasteiger partial charge < -0.3 is 5.32 Å². The van der Waals surface area contributed by atoms with Crippen LogP contribution in [-0.4, -0.2) is 7.05 Å². The van der Waals surface area contributed by atoms with Gasteiger partial charge in [-0.05, 0) is 53.2 Å². The van der Waals surface area contributed by atoms with E-state index in [2.05, 4.69) is 40.3 Å². The normalized spacial score (nSPS) is 12.4. The highest BCUT2D eigenvalue weighted by Crippen LogP contribution is 2.25. The number of hydrogen-bond donors (Lipinski definition) is 1. The van der Waals surface area contributed by atoms with Gasteiger partial charge in [0.1, 0.15) is 5.82 Å². The molecule has 18 heavy (non-hydrogen) atoms. The van der Waals surface area contributed by atoms with Crippen molar-refractivity contribution in [3.63, 3.8) is 0 Å². The Labute approximate surface area is 115 Å². The first-order chi connectivity index (χ1) is 8.61. The van der Waals surface area contributed by atoms with E-state index in [9.17, 15) is 4.39 Å². The molecule has 2 aromatic rings. The van der Waals surface area contributed by atoms with E-state index in [1.165, 1.54) is 5.56 Å². The lowest BCUT2D eigenvalue weighted by atomic mass is 9.97. The van der Waals surface area contributed by atoms with Gasteiger partial charge in [0.05, 0.1) is 10.5 Å². The largest absolute Gasteiger partial charge is 0.309 e. The summed E-state index contributed by atoms with van der Waals surface area (Å²) in [6.07, 6.45) is 0. The van der Waals surface area contributed by atoms with E-state index in [4.69, 9.17) is 0 Å². The smallest absolute Gasteiger partial charge is 0.137 e. The minimum atomic E-state index is -0.236. The van der Waals surface area contributed by atoms with E-state index in [-0.39, 0.29) is 11.9 Å². The van der Waals surface area contributed by atoms with E-state index in [0.717, 1.165) is 11.1 Å². The van der Waals surface area contributed by atoms with Crippen LogP contribution in [0.3, 0.4) is 0 Å². The maximum Gasteiger partial charge on any atom is 0.137 e. The van der Waals surface area contributed by atoms with Crippen LogP contribution in [0, 0.1) is 12.7 Å². The van der Waals surface area contributed by atoms with Gasteiger partial charge in [-0.3, -0.25) is 0 Å². The van der Waals surface area contributed by atoms with Gasteiger partial charge >= 0.3 is 0 Å². The molecule has 1 unspecified atom stereocenters. The van der Waals surface area contributed by atoms with Crippen LogP contribution >= 0.6 is 15.9 Å². The van der Waals surface area contributed by atoms with Gasteiger partial charge in [0.2, 0.25) is 0 Å². The molecule has 1 nitrogen and oxygen atoms in total. The molecule has 0 saturated heterocycles. The molecule has 2 rings (SSSR count). The van der Waals surface area contributed by atoms with E-state index < -0.39 is 0 Å². The quantitative estimate of drug-likeness (QED) is 0.896. The zero-order chi connectivity index (χ0) is 13.1. The molecule has 0 heterocycles. The van der Waals surface area contributed by atoms with Crippen molar-refractivity contribution in [2.75, 3.05) is 7.05 Å². The highest BCUT2D eigenvalue weighted by molar-refractivity contribution is 9.10. The van der Waals surface area contributed by atoms with E-state index >= 15 is 0 Å². The molecule has 0 amide bonds. The summed E-state index contributed by atoms with van der Waals surface area (Å²) in [6, 6.07) is 13.5. The fraction of sp³-hybridized carbons (Fsp3) is 0.200. The average Bonchev–Trinajstić information content (AvgIpc) is 2.35. The number of nitrogens with one attached hydrogen (secondary N) is 1. The third-order valence-electron chi connectivity index (χ3n) is 2.94. The van der Waals surface area contributed by atoms with Gasteiger partial charge in [0, 0.05) is 0 Å². The minimum absolute atomic E-state index is 0.00694. The first-order valence-corrected chi connectivity index (χ1v) is 6.60. The maximum absolute atomic E-state index is 13.6. The van der Waals surface area contributed by atoms with Crippen molar-refractivity contribution in [3.05, 3.63) is 69.4 Å². The van der Waals surface area contributed by atoms with Crippen molar-refractivity contribution in [2.45, 2.75) is 13.0 Å². The van der Waals surface area contributed by atoms with E-state index in [1.807, 2.05) is 25.2 Å². The van der Waals surface area contributed by atoms with Crippen molar-refractivity contribution >= 4 is 15.9 Å². The fourth-order valence-electron chi connectivity index (χ4n) is 2.07. The van der Waals surface area contributed by atoms with Crippen LogP contribution in [0.25, 0.3) is 0 Å². The van der Waals surface area contributed by atoms with Gasteiger partial charge in [-0.2, -0.15) is 0 Å². The summed E-state index contributed by atoms with van der Waals surface area (Å²) >= 11 is 3.17. The Kier molecular flexibility index (Phi) is 4.15. The number of benzene rings is 2. The van der Waals surface area contributed by atoms with Gasteiger partial charge in [-0.15, -0.1) is 0 Å². The Bertz CT molecular complexity index is 554. The van der Waals surface area contributed by atoms with Gasteiger partial charge in [-0.25, -0.2) is 4.39 Å². The third-order valence-corrected chi connectivity index (χ3v) is 3.58. The van der Waals surface area contributed by atoms with Crippen LogP contribution in [0.2, 0.25) is 0 Å². The lowest BCUT2D eigenvalue weighted by Gasteiger charge is -2.18. The summed E-state index contributed by atoms with van der Waals surface area (Å²) in [7, 11) is 1.88. The van der Waals surface area contributed by atoms with Crippen molar-refractivity contribution in [3.8, 4) is 0 Å². The second-order valence-electron chi connectivity index (χ2n) is 4.31. The van der Waals surface area contributed by atoms with Gasteiger partial charge in [0.25, 0.3) is 0 Å². The second kappa shape index (κ2) is 5.63. The summed E-state index contributed by atoms with van der Waals surface area (Å²) in [5, 5.41) is 3.23. The average molecular weight is 308 g/mol. The second-order valence-corrected chi connectivity index (χ2v) is 5.16. The molecule has 0 radical (unpaired) electrons. The van der Waals surface area contributed by atoms with Gasteiger partial charge in [0.15, 0.2) is 0 Å². The summed E-state index contributed by atoms with van der Waals surface area (Å²) in [4.78, 5) is 0. The molecule has 0 aliphatic rings. The molecule has 0 aromatic heterocycles. The lowest BCUT2D eigenvalue weighted by molar-refractivity contribution is 0.610. The number of rotatable bonds is 3. The van der Waals surface area contributed by atoms with E-state index in [0.29, 0.717) is 4.47 Å². The van der Waals surface area contributed by atoms with Crippen LogP contribution in [0.1, 0.15) is 22.7 Å². The Hall–Kier alpha value is -1.19. The first kappa shape index (κ1) is 13.2. The first-order valence-electron chi connectivity index (χ1n) is 5.80. The molecule has 0 bridgehead atoms. The highest BCUT2D eigenvalue weighted by Gasteiger charge is 2.13. The molecule has 0 aliphatic heterocycles.